The van der Waals surface area contributed by atoms with Crippen molar-refractivity contribution in [2.24, 2.45) is 0 Å². The van der Waals surface area contributed by atoms with Gasteiger partial charge in [0.2, 0.25) is 0 Å². The van der Waals surface area contributed by atoms with Crippen molar-refractivity contribution in [3.63, 3.8) is 0 Å². The number of carboxylic acid groups (broad SMARTS) is 1. The number of amides is 1. The summed E-state index contributed by atoms with van der Waals surface area (Å²) in [6.07, 6.45) is 2.33. The highest BCUT2D eigenvalue weighted by molar-refractivity contribution is 7.98. The Morgan fingerprint density at radius 2 is 2.15 bits per heavy atom. The average molecular weight is 309 g/mol. The molecule has 20 heavy (non-hydrogen) atoms. The van der Waals surface area contributed by atoms with Crippen LogP contribution >= 0.6 is 23.1 Å². The molecular weight excluding hydrogens is 294 g/mol. The van der Waals surface area contributed by atoms with Crippen molar-refractivity contribution in [2.45, 2.75) is 12.5 Å². The predicted molar refractivity (Wildman–Crippen MR) is 83.7 cm³/mol. The Labute approximate surface area is 125 Å². The van der Waals surface area contributed by atoms with Crippen molar-refractivity contribution in [1.29, 1.82) is 0 Å². The molecule has 0 spiro atoms. The summed E-state index contributed by atoms with van der Waals surface area (Å²) in [5.74, 6) is -0.614. The average Bonchev–Trinajstić information content (AvgIpc) is 2.86. The molecule has 0 saturated carbocycles. The van der Waals surface area contributed by atoms with E-state index >= 15 is 0 Å². The Hall–Kier alpha value is -1.53. The molecule has 0 aliphatic carbocycles. The van der Waals surface area contributed by atoms with Gasteiger partial charge in [0.25, 0.3) is 5.91 Å². The molecule has 4 nitrogen and oxygen atoms in total. The van der Waals surface area contributed by atoms with Crippen molar-refractivity contribution in [2.75, 3.05) is 12.0 Å². The van der Waals surface area contributed by atoms with Crippen molar-refractivity contribution in [1.82, 2.24) is 5.32 Å². The summed E-state index contributed by atoms with van der Waals surface area (Å²) in [7, 11) is 0. The number of hydrogen-bond acceptors (Lipinski definition) is 4. The maximum Gasteiger partial charge on any atom is 0.326 e. The molecule has 2 rings (SSSR count). The second-order valence-corrected chi connectivity index (χ2v) is 6.36. The molecule has 0 aliphatic rings. The second kappa shape index (κ2) is 6.76. The second-order valence-electron chi connectivity index (χ2n) is 4.29. The molecule has 0 fully saturated rings. The topological polar surface area (TPSA) is 66.4 Å². The normalized spacial score (nSPS) is 12.2. The largest absolute Gasteiger partial charge is 0.480 e. The predicted octanol–water partition coefficient (Wildman–Crippen LogP) is 2.84. The fraction of sp³-hybridized carbons (Fsp3) is 0.286. The summed E-state index contributed by atoms with van der Waals surface area (Å²) in [6, 6.07) is 8.67. The van der Waals surface area contributed by atoms with Crippen molar-refractivity contribution >= 4 is 45.1 Å². The molecule has 1 atom stereocenters. The first kappa shape index (κ1) is 14.9. The summed E-state index contributed by atoms with van der Waals surface area (Å²) in [5.41, 5.74) is 0. The minimum absolute atomic E-state index is 0.320. The van der Waals surface area contributed by atoms with E-state index in [4.69, 9.17) is 5.11 Å². The molecule has 2 aromatic rings. The highest BCUT2D eigenvalue weighted by Gasteiger charge is 2.21. The standard InChI is InChI=1S/C14H15NO3S2/c1-19-7-6-10(14(17)18)15-13(16)12-8-9-4-2-3-5-11(9)20-12/h2-5,8,10H,6-7H2,1H3,(H,15,16)(H,17,18). The van der Waals surface area contributed by atoms with Crippen LogP contribution < -0.4 is 5.32 Å². The Morgan fingerprint density at radius 3 is 2.80 bits per heavy atom. The SMILES string of the molecule is CSCCC(NC(=O)c1cc2ccccc2s1)C(=O)O. The maximum absolute atomic E-state index is 12.1. The van der Waals surface area contributed by atoms with Crippen LogP contribution in [0, 0.1) is 0 Å². The summed E-state index contributed by atoms with van der Waals surface area (Å²) in [4.78, 5) is 23.8. The van der Waals surface area contributed by atoms with Crippen LogP contribution in [0.1, 0.15) is 16.1 Å². The fourth-order valence-electron chi connectivity index (χ4n) is 1.82. The number of thioether (sulfide) groups is 1. The zero-order chi connectivity index (χ0) is 14.5. The van der Waals surface area contributed by atoms with Gasteiger partial charge in [-0.05, 0) is 35.9 Å². The molecule has 106 valence electrons. The van der Waals surface area contributed by atoms with Crippen LogP contribution in [0.4, 0.5) is 0 Å². The first-order valence-corrected chi connectivity index (χ1v) is 8.34. The maximum atomic E-state index is 12.1. The zero-order valence-electron chi connectivity index (χ0n) is 11.0. The third-order valence-corrected chi connectivity index (χ3v) is 4.62. The Balaban J connectivity index is 2.11. The molecule has 1 aromatic carbocycles. The van der Waals surface area contributed by atoms with E-state index in [0.29, 0.717) is 17.1 Å². The first-order chi connectivity index (χ1) is 9.61. The van der Waals surface area contributed by atoms with E-state index < -0.39 is 12.0 Å². The van der Waals surface area contributed by atoms with E-state index in [9.17, 15) is 9.59 Å². The number of thiophene rings is 1. The van der Waals surface area contributed by atoms with Crippen LogP contribution in [0.15, 0.2) is 30.3 Å². The summed E-state index contributed by atoms with van der Waals surface area (Å²) >= 11 is 2.93. The molecule has 0 radical (unpaired) electrons. The van der Waals surface area contributed by atoms with Crippen molar-refractivity contribution < 1.29 is 14.7 Å². The molecule has 0 saturated heterocycles. The molecule has 0 aliphatic heterocycles. The van der Waals surface area contributed by atoms with Crippen LogP contribution in [0.3, 0.4) is 0 Å². The van der Waals surface area contributed by atoms with Crippen LogP contribution in [-0.2, 0) is 4.79 Å². The van der Waals surface area contributed by atoms with Gasteiger partial charge in [-0.3, -0.25) is 4.79 Å². The lowest BCUT2D eigenvalue weighted by Crippen LogP contribution is -2.40. The molecular formula is C14H15NO3S2. The molecule has 1 aromatic heterocycles. The lowest BCUT2D eigenvalue weighted by molar-refractivity contribution is -0.139. The number of carbonyl (C=O) groups is 2. The summed E-state index contributed by atoms with van der Waals surface area (Å²) in [5, 5.41) is 12.7. The van der Waals surface area contributed by atoms with Crippen molar-refractivity contribution in [3.8, 4) is 0 Å². The van der Waals surface area contributed by atoms with Gasteiger partial charge in [-0.2, -0.15) is 11.8 Å². The van der Waals surface area contributed by atoms with E-state index in [0.717, 1.165) is 10.1 Å². The molecule has 1 unspecified atom stereocenters. The lowest BCUT2D eigenvalue weighted by atomic mass is 10.2. The van der Waals surface area contributed by atoms with E-state index in [1.165, 1.54) is 11.3 Å². The number of rotatable bonds is 6. The number of benzene rings is 1. The van der Waals surface area contributed by atoms with Crippen molar-refractivity contribution in [3.05, 3.63) is 35.2 Å². The smallest absolute Gasteiger partial charge is 0.326 e. The molecule has 2 N–H and O–H groups in total. The van der Waals surface area contributed by atoms with Gasteiger partial charge in [-0.15, -0.1) is 11.3 Å². The third kappa shape index (κ3) is 3.52. The molecule has 0 bridgehead atoms. The third-order valence-electron chi connectivity index (χ3n) is 2.86. The van der Waals surface area contributed by atoms with Crippen LogP contribution in [0.5, 0.6) is 0 Å². The lowest BCUT2D eigenvalue weighted by Gasteiger charge is -2.12. The number of carboxylic acids is 1. The Morgan fingerprint density at radius 1 is 1.40 bits per heavy atom. The van der Waals surface area contributed by atoms with Gasteiger partial charge >= 0.3 is 5.97 Å². The molecule has 6 heteroatoms. The Bertz CT molecular complexity index is 591. The highest BCUT2D eigenvalue weighted by atomic mass is 32.2. The van der Waals surface area contributed by atoms with Gasteiger partial charge in [0, 0.05) is 4.70 Å². The molecule has 1 heterocycles. The zero-order valence-corrected chi connectivity index (χ0v) is 12.6. The van der Waals surface area contributed by atoms with Crippen LogP contribution in [0.2, 0.25) is 0 Å². The van der Waals surface area contributed by atoms with E-state index in [1.54, 1.807) is 17.8 Å². The van der Waals surface area contributed by atoms with Gasteiger partial charge in [0.05, 0.1) is 4.88 Å². The van der Waals surface area contributed by atoms with Crippen LogP contribution in [0.25, 0.3) is 10.1 Å². The quantitative estimate of drug-likeness (QED) is 0.861. The minimum Gasteiger partial charge on any atom is -0.480 e. The van der Waals surface area contributed by atoms with Gasteiger partial charge in [-0.25, -0.2) is 4.79 Å². The summed E-state index contributed by atoms with van der Waals surface area (Å²) in [6.45, 7) is 0. The summed E-state index contributed by atoms with van der Waals surface area (Å²) < 4.78 is 1.02. The van der Waals surface area contributed by atoms with Gasteiger partial charge in [0.15, 0.2) is 0 Å². The van der Waals surface area contributed by atoms with E-state index in [2.05, 4.69) is 5.32 Å². The highest BCUT2D eigenvalue weighted by Crippen LogP contribution is 2.25. The fourth-order valence-corrected chi connectivity index (χ4v) is 3.25. The van der Waals surface area contributed by atoms with Gasteiger partial charge in [-0.1, -0.05) is 18.2 Å². The van der Waals surface area contributed by atoms with Gasteiger partial charge in [0.1, 0.15) is 6.04 Å². The van der Waals surface area contributed by atoms with Crippen LogP contribution in [-0.4, -0.2) is 35.0 Å². The number of nitrogens with one attached hydrogen (secondary N) is 1. The monoisotopic (exact) mass is 309 g/mol. The minimum atomic E-state index is -0.992. The van der Waals surface area contributed by atoms with E-state index in [1.807, 2.05) is 30.5 Å². The number of aliphatic carboxylic acids is 1. The number of hydrogen-bond donors (Lipinski definition) is 2. The molecule has 1 amide bonds. The van der Waals surface area contributed by atoms with E-state index in [-0.39, 0.29) is 5.91 Å². The van der Waals surface area contributed by atoms with Gasteiger partial charge < -0.3 is 10.4 Å². The Kier molecular flexibility index (Phi) is 5.03. The number of carbonyl (C=O) groups excluding carboxylic acids is 1. The first-order valence-electron chi connectivity index (χ1n) is 6.13. The number of fused-ring (bicyclic) bond motifs is 1.